The van der Waals surface area contributed by atoms with E-state index in [-0.39, 0.29) is 23.7 Å². The van der Waals surface area contributed by atoms with E-state index < -0.39 is 34.2 Å². The second kappa shape index (κ2) is 8.54. The van der Waals surface area contributed by atoms with Gasteiger partial charge in [0.2, 0.25) is 17.6 Å². The van der Waals surface area contributed by atoms with Crippen LogP contribution in [0.4, 0.5) is 21.5 Å². The van der Waals surface area contributed by atoms with Crippen molar-refractivity contribution in [3.05, 3.63) is 51.3 Å². The van der Waals surface area contributed by atoms with Crippen molar-refractivity contribution in [2.45, 2.75) is 6.42 Å². The molecule has 0 bridgehead atoms. The highest BCUT2D eigenvalue weighted by atomic mass is 35.5. The van der Waals surface area contributed by atoms with Gasteiger partial charge in [-0.3, -0.25) is 19.7 Å². The second-order valence-corrected chi connectivity index (χ2v) is 6.88. The number of benzene rings is 2. The van der Waals surface area contributed by atoms with Crippen molar-refractivity contribution in [1.29, 1.82) is 0 Å². The smallest absolute Gasteiger partial charge is 0.306 e. The first-order valence-electron chi connectivity index (χ1n) is 8.71. The van der Waals surface area contributed by atoms with E-state index in [1.165, 1.54) is 37.3 Å². The van der Waals surface area contributed by atoms with E-state index in [9.17, 15) is 24.1 Å². The van der Waals surface area contributed by atoms with Crippen LogP contribution in [0.1, 0.15) is 6.42 Å². The summed E-state index contributed by atoms with van der Waals surface area (Å²) in [5, 5.41) is 13.9. The first-order chi connectivity index (χ1) is 14.2. The third-order valence-electron chi connectivity index (χ3n) is 4.67. The average molecular weight is 438 g/mol. The van der Waals surface area contributed by atoms with Crippen LogP contribution in [-0.4, -0.2) is 37.5 Å². The van der Waals surface area contributed by atoms with Gasteiger partial charge in [0, 0.05) is 25.1 Å². The van der Waals surface area contributed by atoms with Gasteiger partial charge in [-0.2, -0.15) is 4.39 Å². The minimum Gasteiger partial charge on any atom is -0.495 e. The van der Waals surface area contributed by atoms with Crippen molar-refractivity contribution in [2.24, 2.45) is 5.92 Å². The zero-order valence-corrected chi connectivity index (χ0v) is 16.7. The van der Waals surface area contributed by atoms with Crippen LogP contribution in [0.3, 0.4) is 0 Å². The Balaban J connectivity index is 1.79. The van der Waals surface area contributed by atoms with Crippen molar-refractivity contribution in [3.63, 3.8) is 0 Å². The molecule has 2 aromatic carbocycles. The van der Waals surface area contributed by atoms with Gasteiger partial charge in [-0.25, -0.2) is 0 Å². The highest BCUT2D eigenvalue weighted by Crippen LogP contribution is 2.37. The monoisotopic (exact) mass is 437 g/mol. The Hall–Kier alpha value is -3.40. The highest BCUT2D eigenvalue weighted by Gasteiger charge is 2.36. The molecule has 11 heteroatoms. The summed E-state index contributed by atoms with van der Waals surface area (Å²) in [6, 6.07) is 6.13. The summed E-state index contributed by atoms with van der Waals surface area (Å²) in [5.74, 6) is -1.91. The molecule has 1 atom stereocenters. The fourth-order valence-electron chi connectivity index (χ4n) is 3.13. The molecular weight excluding hydrogens is 421 g/mol. The fourth-order valence-corrected chi connectivity index (χ4v) is 3.37. The zero-order chi connectivity index (χ0) is 22.0. The van der Waals surface area contributed by atoms with Crippen LogP contribution in [-0.2, 0) is 9.59 Å². The van der Waals surface area contributed by atoms with Gasteiger partial charge >= 0.3 is 5.69 Å². The molecule has 0 spiro atoms. The van der Waals surface area contributed by atoms with Crippen LogP contribution < -0.4 is 19.7 Å². The lowest BCUT2D eigenvalue weighted by Crippen LogP contribution is -2.28. The lowest BCUT2D eigenvalue weighted by atomic mass is 10.1. The van der Waals surface area contributed by atoms with Crippen molar-refractivity contribution in [1.82, 2.24) is 0 Å². The molecule has 1 fully saturated rings. The molecule has 1 saturated heterocycles. The standard InChI is InChI=1S/C19H17ClFN3O6/c1-29-16-8-17(30-2)14(7-12(16)20)22-19(26)10-5-18(25)23(9-10)11-3-4-13(21)15(6-11)24(27)28/h3-4,6-8,10H,5,9H2,1-2H3,(H,22,26). The topological polar surface area (TPSA) is 111 Å². The molecule has 0 aromatic heterocycles. The summed E-state index contributed by atoms with van der Waals surface area (Å²) < 4.78 is 23.9. The van der Waals surface area contributed by atoms with Gasteiger partial charge in [0.15, 0.2) is 0 Å². The van der Waals surface area contributed by atoms with Crippen molar-refractivity contribution < 1.29 is 28.4 Å². The van der Waals surface area contributed by atoms with E-state index in [1.807, 2.05) is 0 Å². The number of halogens is 2. The molecule has 1 aliphatic heterocycles. The average Bonchev–Trinajstić information content (AvgIpc) is 3.10. The molecule has 2 amide bonds. The third kappa shape index (κ3) is 4.13. The highest BCUT2D eigenvalue weighted by molar-refractivity contribution is 6.32. The number of nitro benzene ring substituents is 1. The number of hydrogen-bond donors (Lipinski definition) is 1. The maximum absolute atomic E-state index is 13.6. The summed E-state index contributed by atoms with van der Waals surface area (Å²) >= 11 is 6.10. The molecule has 3 rings (SSSR count). The van der Waals surface area contributed by atoms with E-state index in [0.29, 0.717) is 17.2 Å². The number of methoxy groups -OCH3 is 2. The summed E-state index contributed by atoms with van der Waals surface area (Å²) in [6.45, 7) is -0.0142. The van der Waals surface area contributed by atoms with Gasteiger partial charge in [-0.1, -0.05) is 11.6 Å². The quantitative estimate of drug-likeness (QED) is 0.547. The first-order valence-corrected chi connectivity index (χ1v) is 9.09. The maximum Gasteiger partial charge on any atom is 0.306 e. The molecule has 158 valence electrons. The minimum absolute atomic E-state index is 0.0142. The predicted molar refractivity (Wildman–Crippen MR) is 107 cm³/mol. The number of ether oxygens (including phenoxy) is 2. The van der Waals surface area contributed by atoms with Crippen molar-refractivity contribution in [3.8, 4) is 11.5 Å². The number of anilines is 2. The van der Waals surface area contributed by atoms with Crippen molar-refractivity contribution in [2.75, 3.05) is 31.0 Å². The van der Waals surface area contributed by atoms with Gasteiger partial charge in [0.05, 0.1) is 41.5 Å². The predicted octanol–water partition coefficient (Wildman–Crippen LogP) is 3.40. The first kappa shape index (κ1) is 21.3. The van der Waals surface area contributed by atoms with Crippen LogP contribution in [0.15, 0.2) is 30.3 Å². The molecule has 0 radical (unpaired) electrons. The molecule has 1 heterocycles. The van der Waals surface area contributed by atoms with E-state index >= 15 is 0 Å². The Morgan fingerprint density at radius 3 is 2.60 bits per heavy atom. The minimum atomic E-state index is -1.01. The van der Waals surface area contributed by atoms with Gasteiger partial charge in [0.1, 0.15) is 11.5 Å². The zero-order valence-electron chi connectivity index (χ0n) is 16.0. The fraction of sp³-hybridized carbons (Fsp3) is 0.263. The van der Waals surface area contributed by atoms with Gasteiger partial charge in [-0.15, -0.1) is 0 Å². The number of hydrogen-bond acceptors (Lipinski definition) is 6. The Morgan fingerprint density at radius 2 is 1.97 bits per heavy atom. The molecule has 2 aromatic rings. The number of carbonyl (C=O) groups excluding carboxylic acids is 2. The normalized spacial score (nSPS) is 15.8. The summed E-state index contributed by atoms with van der Waals surface area (Å²) in [7, 11) is 2.86. The third-order valence-corrected chi connectivity index (χ3v) is 4.96. The van der Waals surface area contributed by atoms with Crippen LogP contribution in [0.5, 0.6) is 11.5 Å². The van der Waals surface area contributed by atoms with Gasteiger partial charge in [0.25, 0.3) is 0 Å². The molecule has 1 unspecified atom stereocenters. The van der Waals surface area contributed by atoms with Gasteiger partial charge in [-0.05, 0) is 18.2 Å². The van der Waals surface area contributed by atoms with Crippen LogP contribution in [0, 0.1) is 21.8 Å². The van der Waals surface area contributed by atoms with E-state index in [1.54, 1.807) is 0 Å². The van der Waals surface area contributed by atoms with E-state index in [2.05, 4.69) is 5.32 Å². The second-order valence-electron chi connectivity index (χ2n) is 6.47. The molecule has 1 N–H and O–H groups in total. The van der Waals surface area contributed by atoms with Gasteiger partial charge < -0.3 is 19.7 Å². The lowest BCUT2D eigenvalue weighted by Gasteiger charge is -2.17. The van der Waals surface area contributed by atoms with Crippen LogP contribution >= 0.6 is 11.6 Å². The Kier molecular flexibility index (Phi) is 6.06. The summed E-state index contributed by atoms with van der Waals surface area (Å²) in [5.41, 5.74) is -0.295. The summed E-state index contributed by atoms with van der Waals surface area (Å²) in [4.78, 5) is 36.4. The van der Waals surface area contributed by atoms with Crippen LogP contribution in [0.25, 0.3) is 0 Å². The SMILES string of the molecule is COc1cc(OC)c(NC(=O)C2CC(=O)N(c3ccc(F)c([N+](=O)[O-])c3)C2)cc1Cl. The number of rotatable bonds is 6. The molecule has 0 aliphatic carbocycles. The molecule has 0 saturated carbocycles. The molecule has 30 heavy (non-hydrogen) atoms. The van der Waals surface area contributed by atoms with E-state index in [4.69, 9.17) is 21.1 Å². The summed E-state index contributed by atoms with van der Waals surface area (Å²) in [6.07, 6.45) is -0.108. The molecule has 9 nitrogen and oxygen atoms in total. The lowest BCUT2D eigenvalue weighted by molar-refractivity contribution is -0.387. The number of nitrogens with one attached hydrogen (secondary N) is 1. The molecular formula is C19H17ClFN3O6. The maximum atomic E-state index is 13.6. The number of amides is 2. The number of carbonyl (C=O) groups is 2. The number of nitrogens with zero attached hydrogens (tertiary/aromatic N) is 2. The van der Waals surface area contributed by atoms with Crippen LogP contribution in [0.2, 0.25) is 5.02 Å². The molecule has 1 aliphatic rings. The Bertz CT molecular complexity index is 1030. The van der Waals surface area contributed by atoms with Crippen molar-refractivity contribution >= 4 is 40.5 Å². The van der Waals surface area contributed by atoms with E-state index in [0.717, 1.165) is 12.1 Å². The largest absolute Gasteiger partial charge is 0.495 e. The Labute approximate surface area is 175 Å². The number of nitro groups is 1. The Morgan fingerprint density at radius 1 is 1.27 bits per heavy atom.